The molecule has 0 radical (unpaired) electrons. The lowest BCUT2D eigenvalue weighted by atomic mass is 9.96. The second kappa shape index (κ2) is 10.9. The number of rotatable bonds is 7. The van der Waals surface area contributed by atoms with Crippen LogP contribution in [0.25, 0.3) is 0 Å². The molecule has 10 heteroatoms. The van der Waals surface area contributed by atoms with Gasteiger partial charge in [-0.1, -0.05) is 12.1 Å². The van der Waals surface area contributed by atoms with Crippen LogP contribution in [0, 0.1) is 23.0 Å². The molecule has 2 N–H and O–H groups in total. The molecule has 186 valence electrons. The molecular weight excluding hydrogens is 460 g/mol. The van der Waals surface area contributed by atoms with Crippen LogP contribution in [-0.2, 0) is 4.79 Å². The number of amides is 2. The lowest BCUT2D eigenvalue weighted by molar-refractivity contribution is -0.384. The van der Waals surface area contributed by atoms with Crippen molar-refractivity contribution in [1.29, 1.82) is 0 Å². The number of benzene rings is 1. The summed E-state index contributed by atoms with van der Waals surface area (Å²) in [4.78, 5) is 47.4. The summed E-state index contributed by atoms with van der Waals surface area (Å²) in [7, 11) is 0. The van der Waals surface area contributed by atoms with Crippen molar-refractivity contribution in [3.05, 3.63) is 87.9 Å². The van der Waals surface area contributed by atoms with E-state index in [1.54, 1.807) is 41.6 Å². The SMILES string of the molecule is Cc1cccnc1NC(=O)C1CCCN(C(=O)c2ccc(NC(C)c3ccccn3)c([N+](=O)[O-])c2)C1. The molecule has 0 spiro atoms. The minimum atomic E-state index is -0.508. The quantitative estimate of drug-likeness (QED) is 0.373. The van der Waals surface area contributed by atoms with Gasteiger partial charge in [0, 0.05) is 37.1 Å². The van der Waals surface area contributed by atoms with Crippen LogP contribution in [0.3, 0.4) is 0 Å². The maximum atomic E-state index is 13.2. The van der Waals surface area contributed by atoms with Gasteiger partial charge in [0.1, 0.15) is 11.5 Å². The third kappa shape index (κ3) is 5.65. The number of hydrogen-bond acceptors (Lipinski definition) is 7. The fraction of sp³-hybridized carbons (Fsp3) is 0.308. The Bertz CT molecular complexity index is 1270. The van der Waals surface area contributed by atoms with E-state index in [9.17, 15) is 19.7 Å². The number of pyridine rings is 2. The molecule has 2 amide bonds. The number of nitro benzene ring substituents is 1. The van der Waals surface area contributed by atoms with Crippen molar-refractivity contribution in [3.63, 3.8) is 0 Å². The summed E-state index contributed by atoms with van der Waals surface area (Å²) in [6.45, 7) is 4.44. The van der Waals surface area contributed by atoms with Crippen molar-refractivity contribution in [2.75, 3.05) is 23.7 Å². The third-order valence-electron chi connectivity index (χ3n) is 6.28. The Morgan fingerprint density at radius 2 is 1.94 bits per heavy atom. The molecule has 36 heavy (non-hydrogen) atoms. The van der Waals surface area contributed by atoms with Crippen molar-refractivity contribution in [1.82, 2.24) is 14.9 Å². The van der Waals surface area contributed by atoms with Gasteiger partial charge < -0.3 is 15.5 Å². The van der Waals surface area contributed by atoms with Gasteiger partial charge in [0.25, 0.3) is 11.6 Å². The molecule has 1 saturated heterocycles. The first kappa shape index (κ1) is 24.8. The second-order valence-corrected chi connectivity index (χ2v) is 8.86. The van der Waals surface area contributed by atoms with E-state index in [4.69, 9.17) is 0 Å². The number of nitrogens with zero attached hydrogens (tertiary/aromatic N) is 4. The van der Waals surface area contributed by atoms with Crippen LogP contribution in [0.1, 0.15) is 47.4 Å². The summed E-state index contributed by atoms with van der Waals surface area (Å²) in [5, 5.41) is 17.8. The molecule has 2 unspecified atom stereocenters. The highest BCUT2D eigenvalue weighted by atomic mass is 16.6. The minimum Gasteiger partial charge on any atom is -0.371 e. The van der Waals surface area contributed by atoms with Crippen LogP contribution >= 0.6 is 0 Å². The van der Waals surface area contributed by atoms with Crippen molar-refractivity contribution < 1.29 is 14.5 Å². The molecule has 1 fully saturated rings. The van der Waals surface area contributed by atoms with Crippen LogP contribution in [-0.4, -0.2) is 44.7 Å². The number of carbonyl (C=O) groups excluding carboxylic acids is 2. The molecule has 1 aromatic carbocycles. The second-order valence-electron chi connectivity index (χ2n) is 8.86. The van der Waals surface area contributed by atoms with Crippen molar-refractivity contribution in [3.8, 4) is 0 Å². The Labute approximate surface area is 208 Å². The lowest BCUT2D eigenvalue weighted by Crippen LogP contribution is -2.43. The average molecular weight is 489 g/mol. The maximum absolute atomic E-state index is 13.2. The number of nitrogens with one attached hydrogen (secondary N) is 2. The van der Waals surface area contributed by atoms with Gasteiger partial charge in [-0.05, 0) is 62.6 Å². The van der Waals surface area contributed by atoms with E-state index in [-0.39, 0.29) is 41.6 Å². The Hall–Kier alpha value is -4.34. The number of hydrogen-bond donors (Lipinski definition) is 2. The van der Waals surface area contributed by atoms with Crippen LogP contribution in [0.5, 0.6) is 0 Å². The molecule has 0 bridgehead atoms. The lowest BCUT2D eigenvalue weighted by Gasteiger charge is -2.32. The number of likely N-dealkylation sites (tertiary alicyclic amines) is 1. The monoisotopic (exact) mass is 488 g/mol. The van der Waals surface area contributed by atoms with E-state index in [2.05, 4.69) is 20.6 Å². The van der Waals surface area contributed by atoms with Gasteiger partial charge in [-0.2, -0.15) is 0 Å². The van der Waals surface area contributed by atoms with Crippen LogP contribution in [0.2, 0.25) is 0 Å². The van der Waals surface area contributed by atoms with Crippen LogP contribution < -0.4 is 10.6 Å². The zero-order valence-electron chi connectivity index (χ0n) is 20.2. The molecule has 2 atom stereocenters. The summed E-state index contributed by atoms with van der Waals surface area (Å²) in [5.41, 5.74) is 1.91. The van der Waals surface area contributed by atoms with E-state index >= 15 is 0 Å². The van der Waals surface area contributed by atoms with Gasteiger partial charge >= 0.3 is 0 Å². The van der Waals surface area contributed by atoms with Gasteiger partial charge in [0.15, 0.2) is 0 Å². The summed E-state index contributed by atoms with van der Waals surface area (Å²) < 4.78 is 0. The number of anilines is 2. The summed E-state index contributed by atoms with van der Waals surface area (Å²) >= 11 is 0. The van der Waals surface area contributed by atoms with Gasteiger partial charge in [-0.25, -0.2) is 4.98 Å². The Morgan fingerprint density at radius 1 is 1.14 bits per heavy atom. The van der Waals surface area contributed by atoms with E-state index in [0.717, 1.165) is 11.3 Å². The fourth-order valence-electron chi connectivity index (χ4n) is 4.27. The normalized spacial score (nSPS) is 16.2. The highest BCUT2D eigenvalue weighted by Crippen LogP contribution is 2.30. The van der Waals surface area contributed by atoms with E-state index in [1.165, 1.54) is 6.07 Å². The van der Waals surface area contributed by atoms with Crippen molar-refractivity contribution in [2.24, 2.45) is 5.92 Å². The number of piperidine rings is 1. The predicted octanol–water partition coefficient (Wildman–Crippen LogP) is 4.36. The van der Waals surface area contributed by atoms with E-state index in [0.29, 0.717) is 30.9 Å². The molecule has 4 rings (SSSR count). The third-order valence-corrected chi connectivity index (χ3v) is 6.28. The van der Waals surface area contributed by atoms with Gasteiger partial charge in [0.05, 0.1) is 22.6 Å². The van der Waals surface area contributed by atoms with Gasteiger partial charge in [-0.15, -0.1) is 0 Å². The largest absolute Gasteiger partial charge is 0.371 e. The molecule has 3 aromatic rings. The van der Waals surface area contributed by atoms with E-state index in [1.807, 2.05) is 32.0 Å². The standard InChI is InChI=1S/C26H28N6O4/c1-17-7-5-13-28-24(17)30-25(33)20-8-6-14-31(16-20)26(34)19-10-11-22(23(15-19)32(35)36)29-18(2)21-9-3-4-12-27-21/h3-5,7,9-13,15,18,20,29H,6,8,14,16H2,1-2H3,(H,28,30,33). The van der Waals surface area contributed by atoms with Crippen LogP contribution in [0.15, 0.2) is 60.9 Å². The fourth-order valence-corrected chi connectivity index (χ4v) is 4.27. The zero-order valence-corrected chi connectivity index (χ0v) is 20.2. The molecule has 0 saturated carbocycles. The highest BCUT2D eigenvalue weighted by molar-refractivity contribution is 5.97. The Morgan fingerprint density at radius 3 is 2.67 bits per heavy atom. The first-order valence-electron chi connectivity index (χ1n) is 11.8. The molecule has 2 aromatic heterocycles. The first-order valence-corrected chi connectivity index (χ1v) is 11.8. The first-order chi connectivity index (χ1) is 17.3. The molecule has 3 heterocycles. The Kier molecular flexibility index (Phi) is 7.53. The average Bonchev–Trinajstić information content (AvgIpc) is 2.90. The van der Waals surface area contributed by atoms with E-state index < -0.39 is 4.92 Å². The van der Waals surface area contributed by atoms with Gasteiger partial charge in [-0.3, -0.25) is 24.7 Å². The Balaban J connectivity index is 1.47. The summed E-state index contributed by atoms with van der Waals surface area (Å²) in [5.74, 6) is -0.416. The van der Waals surface area contributed by atoms with Crippen molar-refractivity contribution in [2.45, 2.75) is 32.7 Å². The van der Waals surface area contributed by atoms with Crippen molar-refractivity contribution >= 4 is 29.0 Å². The number of nitro groups is 1. The maximum Gasteiger partial charge on any atom is 0.293 e. The topological polar surface area (TPSA) is 130 Å². The number of aromatic nitrogens is 2. The van der Waals surface area contributed by atoms with Crippen LogP contribution in [0.4, 0.5) is 17.2 Å². The minimum absolute atomic E-state index is 0.191. The smallest absolute Gasteiger partial charge is 0.293 e. The predicted molar refractivity (Wildman–Crippen MR) is 136 cm³/mol. The zero-order chi connectivity index (χ0) is 25.7. The van der Waals surface area contributed by atoms with Gasteiger partial charge in [0.2, 0.25) is 5.91 Å². The highest BCUT2D eigenvalue weighted by Gasteiger charge is 2.30. The summed E-state index contributed by atoms with van der Waals surface area (Å²) in [6, 6.07) is 13.3. The number of carbonyl (C=O) groups is 2. The molecule has 10 nitrogen and oxygen atoms in total. The molecule has 1 aliphatic heterocycles. The molecular formula is C26H28N6O4. The molecule has 1 aliphatic rings. The summed E-state index contributed by atoms with van der Waals surface area (Å²) in [6.07, 6.45) is 4.58. The molecule has 0 aliphatic carbocycles. The number of aryl methyl sites for hydroxylation is 1.